The number of hydrogen-bond acceptors (Lipinski definition) is 5. The number of methoxy groups -OCH3 is 1. The van der Waals surface area contributed by atoms with Crippen molar-refractivity contribution in [3.05, 3.63) is 34.9 Å². The van der Waals surface area contributed by atoms with Crippen LogP contribution in [0.5, 0.6) is 0 Å². The molecule has 0 aliphatic carbocycles. The van der Waals surface area contributed by atoms with Crippen LogP contribution in [-0.4, -0.2) is 56.4 Å². The number of amides is 1. The van der Waals surface area contributed by atoms with E-state index in [-0.39, 0.29) is 30.4 Å². The summed E-state index contributed by atoms with van der Waals surface area (Å²) in [5.41, 5.74) is 0.634. The lowest BCUT2D eigenvalue weighted by molar-refractivity contribution is -0.148. The number of sulfone groups is 1. The Morgan fingerprint density at radius 1 is 1.35 bits per heavy atom. The third-order valence-electron chi connectivity index (χ3n) is 3.80. The lowest BCUT2D eigenvalue weighted by Crippen LogP contribution is -2.45. The van der Waals surface area contributed by atoms with Gasteiger partial charge in [-0.05, 0) is 18.1 Å². The lowest BCUT2D eigenvalue weighted by Gasteiger charge is -2.27. The second kappa shape index (κ2) is 7.31. The Morgan fingerprint density at radius 2 is 2.04 bits per heavy atom. The Kier molecular flexibility index (Phi) is 5.64. The summed E-state index contributed by atoms with van der Waals surface area (Å²) in [6.45, 7) is -0.264. The number of halogens is 1. The molecule has 1 aliphatic heterocycles. The number of ether oxygens (including phenoxy) is 1. The van der Waals surface area contributed by atoms with Crippen molar-refractivity contribution in [3.8, 4) is 0 Å². The molecule has 1 heterocycles. The van der Waals surface area contributed by atoms with Crippen molar-refractivity contribution in [3.63, 3.8) is 0 Å². The number of hydrogen-bond donors (Lipinski definition) is 0. The molecule has 8 heteroatoms. The van der Waals surface area contributed by atoms with Crippen molar-refractivity contribution >= 4 is 33.3 Å². The van der Waals surface area contributed by atoms with Crippen molar-refractivity contribution < 1.29 is 22.7 Å². The summed E-state index contributed by atoms with van der Waals surface area (Å²) >= 11 is 6.05. The van der Waals surface area contributed by atoms with E-state index in [1.54, 1.807) is 24.3 Å². The number of rotatable bonds is 5. The van der Waals surface area contributed by atoms with E-state index in [1.165, 1.54) is 12.0 Å². The van der Waals surface area contributed by atoms with Crippen LogP contribution in [0.1, 0.15) is 12.0 Å². The smallest absolute Gasteiger partial charge is 0.325 e. The molecule has 23 heavy (non-hydrogen) atoms. The van der Waals surface area contributed by atoms with Crippen molar-refractivity contribution in [2.75, 3.05) is 25.2 Å². The molecule has 0 bridgehead atoms. The van der Waals surface area contributed by atoms with Gasteiger partial charge in [-0.15, -0.1) is 0 Å². The highest BCUT2D eigenvalue weighted by Crippen LogP contribution is 2.21. The van der Waals surface area contributed by atoms with Gasteiger partial charge in [0.25, 0.3) is 0 Å². The predicted molar refractivity (Wildman–Crippen MR) is 85.9 cm³/mol. The molecule has 1 aromatic carbocycles. The van der Waals surface area contributed by atoms with Gasteiger partial charge in [-0.1, -0.05) is 29.8 Å². The minimum Gasteiger partial charge on any atom is -0.468 e. The molecule has 6 nitrogen and oxygen atoms in total. The average molecular weight is 360 g/mol. The zero-order chi connectivity index (χ0) is 17.0. The van der Waals surface area contributed by atoms with Gasteiger partial charge in [-0.2, -0.15) is 0 Å². The molecule has 0 aromatic heterocycles. The van der Waals surface area contributed by atoms with Crippen LogP contribution >= 0.6 is 11.6 Å². The van der Waals surface area contributed by atoms with Gasteiger partial charge in [-0.3, -0.25) is 9.59 Å². The minimum atomic E-state index is -3.17. The van der Waals surface area contributed by atoms with Gasteiger partial charge in [0.2, 0.25) is 5.91 Å². The van der Waals surface area contributed by atoms with E-state index >= 15 is 0 Å². The van der Waals surface area contributed by atoms with E-state index in [0.29, 0.717) is 17.0 Å². The van der Waals surface area contributed by atoms with Crippen molar-refractivity contribution in [1.29, 1.82) is 0 Å². The number of esters is 1. The van der Waals surface area contributed by atoms with Gasteiger partial charge in [0.05, 0.1) is 25.0 Å². The van der Waals surface area contributed by atoms with Gasteiger partial charge < -0.3 is 9.64 Å². The maximum atomic E-state index is 12.6. The third kappa shape index (κ3) is 4.68. The molecule has 126 valence electrons. The lowest BCUT2D eigenvalue weighted by atomic mass is 10.1. The maximum absolute atomic E-state index is 12.6. The SMILES string of the molecule is COC(=O)CN(C(=O)Cc1ccccc1Cl)[C@@H]1CCS(=O)(=O)C1. The van der Waals surface area contributed by atoms with Gasteiger partial charge >= 0.3 is 5.97 Å². The van der Waals surface area contributed by atoms with Crippen LogP contribution < -0.4 is 0 Å². The van der Waals surface area contributed by atoms with Crippen LogP contribution in [0.25, 0.3) is 0 Å². The fraction of sp³-hybridized carbons (Fsp3) is 0.467. The summed E-state index contributed by atoms with van der Waals surface area (Å²) < 4.78 is 27.9. The Labute approximate surface area is 140 Å². The summed E-state index contributed by atoms with van der Waals surface area (Å²) in [6.07, 6.45) is 0.334. The minimum absolute atomic E-state index is 0.00716. The molecule has 1 atom stereocenters. The van der Waals surface area contributed by atoms with Crippen LogP contribution in [0.15, 0.2) is 24.3 Å². The first-order valence-electron chi connectivity index (χ1n) is 7.12. The Morgan fingerprint density at radius 3 is 2.61 bits per heavy atom. The summed E-state index contributed by atoms with van der Waals surface area (Å²) in [6, 6.07) is 6.41. The standard InChI is InChI=1S/C15H18ClNO5S/c1-22-15(19)9-17(12-6-7-23(20,21)10-12)14(18)8-11-4-2-3-5-13(11)16/h2-5,12H,6-10H2,1H3/t12-/m1/s1. The molecule has 1 aromatic rings. The van der Waals surface area contributed by atoms with Gasteiger partial charge in [-0.25, -0.2) is 8.42 Å². The van der Waals surface area contributed by atoms with Crippen LogP contribution in [-0.2, 0) is 30.6 Å². The monoisotopic (exact) mass is 359 g/mol. The van der Waals surface area contributed by atoms with E-state index in [2.05, 4.69) is 4.74 Å². The van der Waals surface area contributed by atoms with E-state index in [0.717, 1.165) is 0 Å². The Bertz CT molecular complexity index is 704. The second-order valence-corrected chi connectivity index (χ2v) is 8.06. The highest BCUT2D eigenvalue weighted by atomic mass is 35.5. The number of carbonyl (C=O) groups excluding carboxylic acids is 2. The maximum Gasteiger partial charge on any atom is 0.325 e. The molecule has 0 unspecified atom stereocenters. The predicted octanol–water partition coefficient (Wildman–Crippen LogP) is 1.07. The van der Waals surface area contributed by atoms with Crippen LogP contribution in [0.4, 0.5) is 0 Å². The molecule has 0 spiro atoms. The quantitative estimate of drug-likeness (QED) is 0.735. The third-order valence-corrected chi connectivity index (χ3v) is 5.92. The van der Waals surface area contributed by atoms with Crippen LogP contribution in [0.3, 0.4) is 0 Å². The Hall–Kier alpha value is -1.60. The molecule has 1 saturated heterocycles. The fourth-order valence-corrected chi connectivity index (χ4v) is 4.49. The van der Waals surface area contributed by atoms with Crippen molar-refractivity contribution in [1.82, 2.24) is 4.90 Å². The zero-order valence-corrected chi connectivity index (χ0v) is 14.3. The molecule has 1 aliphatic rings. The number of carbonyl (C=O) groups is 2. The first-order chi connectivity index (χ1) is 10.8. The fourth-order valence-electron chi connectivity index (χ4n) is 2.55. The van der Waals surface area contributed by atoms with Crippen LogP contribution in [0.2, 0.25) is 5.02 Å². The first kappa shape index (κ1) is 17.7. The van der Waals surface area contributed by atoms with Crippen molar-refractivity contribution in [2.45, 2.75) is 18.9 Å². The molecule has 1 fully saturated rings. The van der Waals surface area contributed by atoms with Crippen molar-refractivity contribution in [2.24, 2.45) is 0 Å². The van der Waals surface area contributed by atoms with E-state index in [1.807, 2.05) is 0 Å². The van der Waals surface area contributed by atoms with E-state index < -0.39 is 21.8 Å². The number of benzene rings is 1. The normalized spacial score (nSPS) is 19.3. The highest BCUT2D eigenvalue weighted by molar-refractivity contribution is 7.91. The molecule has 2 rings (SSSR count). The molecule has 0 saturated carbocycles. The van der Waals surface area contributed by atoms with Gasteiger partial charge in [0.15, 0.2) is 9.84 Å². The molecule has 0 radical (unpaired) electrons. The molecule has 0 N–H and O–H groups in total. The topological polar surface area (TPSA) is 80.8 Å². The van der Waals surface area contributed by atoms with Gasteiger partial charge in [0, 0.05) is 11.1 Å². The summed E-state index contributed by atoms with van der Waals surface area (Å²) in [5, 5.41) is 0.456. The van der Waals surface area contributed by atoms with Gasteiger partial charge in [0.1, 0.15) is 6.54 Å². The van der Waals surface area contributed by atoms with E-state index in [4.69, 9.17) is 11.6 Å². The Balaban J connectivity index is 2.17. The molecular weight excluding hydrogens is 342 g/mol. The highest BCUT2D eigenvalue weighted by Gasteiger charge is 2.35. The summed E-state index contributed by atoms with van der Waals surface area (Å²) in [5.74, 6) is -1.03. The molecular formula is C15H18ClNO5S. The molecule has 1 amide bonds. The zero-order valence-electron chi connectivity index (χ0n) is 12.7. The second-order valence-electron chi connectivity index (χ2n) is 5.42. The van der Waals surface area contributed by atoms with E-state index in [9.17, 15) is 18.0 Å². The first-order valence-corrected chi connectivity index (χ1v) is 9.32. The van der Waals surface area contributed by atoms with Crippen LogP contribution in [0, 0.1) is 0 Å². The summed E-state index contributed by atoms with van der Waals surface area (Å²) in [4.78, 5) is 25.4. The summed E-state index contributed by atoms with van der Waals surface area (Å²) in [7, 11) is -1.94. The average Bonchev–Trinajstić information content (AvgIpc) is 2.86. The number of nitrogens with zero attached hydrogens (tertiary/aromatic N) is 1. The largest absolute Gasteiger partial charge is 0.468 e.